The largest absolute Gasteiger partial charge is 0.381 e. The number of nitrogens with zero attached hydrogens (tertiary/aromatic N) is 2. The molecule has 1 unspecified atom stereocenters. The molecule has 7 nitrogen and oxygen atoms in total. The number of pyridine rings is 1. The molecule has 8 heteroatoms. The lowest BCUT2D eigenvalue weighted by Gasteiger charge is -2.08. The van der Waals surface area contributed by atoms with Gasteiger partial charge in [-0.3, -0.25) is 9.59 Å². The summed E-state index contributed by atoms with van der Waals surface area (Å²) in [7, 11) is 0. The molecule has 0 bridgehead atoms. The van der Waals surface area contributed by atoms with Crippen molar-refractivity contribution in [1.82, 2.24) is 14.7 Å². The molecule has 0 spiro atoms. The molecular weight excluding hydrogens is 388 g/mol. The summed E-state index contributed by atoms with van der Waals surface area (Å²) in [6, 6.07) is 5.81. The lowest BCUT2D eigenvalue weighted by molar-refractivity contribution is -0.117. The number of nitrogens with one attached hydrogen (secondary N) is 2. The first-order valence-corrected chi connectivity index (χ1v) is 10.8. The molecule has 1 aliphatic carbocycles. The van der Waals surface area contributed by atoms with Crippen LogP contribution in [0.1, 0.15) is 28.9 Å². The molecule has 2 N–H and O–H groups in total. The predicted octanol–water partition coefficient (Wildman–Crippen LogP) is 3.18. The Balaban J connectivity index is 1.28. The molecule has 0 aromatic carbocycles. The number of carbonyl (C=O) groups is 2. The number of rotatable bonds is 6. The molecule has 29 heavy (non-hydrogen) atoms. The van der Waals surface area contributed by atoms with Gasteiger partial charge in [-0.2, -0.15) is 0 Å². The minimum Gasteiger partial charge on any atom is -0.381 e. The van der Waals surface area contributed by atoms with Gasteiger partial charge in [-0.1, -0.05) is 0 Å². The quantitative estimate of drug-likeness (QED) is 0.654. The number of hydrogen-bond donors (Lipinski definition) is 2. The number of imidazole rings is 1. The smallest absolute Gasteiger partial charge is 0.261 e. The van der Waals surface area contributed by atoms with E-state index in [9.17, 15) is 9.59 Å². The predicted molar refractivity (Wildman–Crippen MR) is 111 cm³/mol. The molecule has 1 atom stereocenters. The summed E-state index contributed by atoms with van der Waals surface area (Å²) in [6.45, 7) is 2.17. The fraction of sp³-hybridized carbons (Fsp3) is 0.381. The molecule has 1 saturated carbocycles. The molecule has 4 heterocycles. The van der Waals surface area contributed by atoms with E-state index >= 15 is 0 Å². The zero-order valence-corrected chi connectivity index (χ0v) is 16.7. The minimum atomic E-state index is -0.0399. The highest BCUT2D eigenvalue weighted by Gasteiger charge is 2.30. The lowest BCUT2D eigenvalue weighted by atomic mass is 10.1. The molecule has 5 rings (SSSR count). The van der Waals surface area contributed by atoms with Gasteiger partial charge in [0.25, 0.3) is 5.91 Å². The number of ether oxygens (including phenoxy) is 1. The molecule has 2 fully saturated rings. The normalized spacial score (nSPS) is 18.8. The van der Waals surface area contributed by atoms with E-state index in [1.54, 1.807) is 0 Å². The van der Waals surface area contributed by atoms with Gasteiger partial charge in [0.05, 0.1) is 17.7 Å². The average Bonchev–Trinajstić information content (AvgIpc) is 3.11. The summed E-state index contributed by atoms with van der Waals surface area (Å²) in [4.78, 5) is 29.5. The van der Waals surface area contributed by atoms with Crippen LogP contribution in [0.25, 0.3) is 16.8 Å². The number of anilines is 1. The van der Waals surface area contributed by atoms with Crippen LogP contribution in [-0.4, -0.2) is 41.0 Å². The van der Waals surface area contributed by atoms with Gasteiger partial charge >= 0.3 is 0 Å². The molecule has 0 radical (unpaired) electrons. The monoisotopic (exact) mass is 410 g/mol. The Morgan fingerprint density at radius 2 is 2.10 bits per heavy atom. The highest BCUT2D eigenvalue weighted by Crippen LogP contribution is 2.30. The van der Waals surface area contributed by atoms with Crippen LogP contribution in [0.2, 0.25) is 0 Å². The number of carbonyl (C=O) groups excluding carboxylic acids is 2. The van der Waals surface area contributed by atoms with E-state index in [0.717, 1.165) is 49.3 Å². The van der Waals surface area contributed by atoms with E-state index in [-0.39, 0.29) is 17.7 Å². The molecule has 3 aromatic heterocycles. The zero-order chi connectivity index (χ0) is 19.8. The molecule has 2 amide bonds. The second-order valence-electron chi connectivity index (χ2n) is 7.71. The van der Waals surface area contributed by atoms with Crippen LogP contribution in [0.15, 0.2) is 36.0 Å². The third kappa shape index (κ3) is 4.04. The van der Waals surface area contributed by atoms with Crippen LogP contribution in [-0.2, 0) is 9.53 Å². The second-order valence-corrected chi connectivity index (χ2v) is 8.62. The third-order valence-electron chi connectivity index (χ3n) is 5.38. The lowest BCUT2D eigenvalue weighted by Crippen LogP contribution is -2.28. The van der Waals surface area contributed by atoms with Crippen molar-refractivity contribution in [1.29, 1.82) is 0 Å². The number of amides is 2. The number of aromatic nitrogens is 2. The van der Waals surface area contributed by atoms with Crippen molar-refractivity contribution >= 4 is 34.6 Å². The van der Waals surface area contributed by atoms with Crippen LogP contribution in [0.5, 0.6) is 0 Å². The van der Waals surface area contributed by atoms with Gasteiger partial charge in [0, 0.05) is 31.2 Å². The summed E-state index contributed by atoms with van der Waals surface area (Å²) in [6.07, 6.45) is 6.72. The van der Waals surface area contributed by atoms with Gasteiger partial charge in [0.15, 0.2) is 5.82 Å². The van der Waals surface area contributed by atoms with Crippen molar-refractivity contribution in [3.8, 4) is 11.1 Å². The Labute approximate surface area is 172 Å². The van der Waals surface area contributed by atoms with Crippen LogP contribution < -0.4 is 10.6 Å². The molecule has 3 aromatic rings. The fourth-order valence-corrected chi connectivity index (χ4v) is 4.30. The Hall–Kier alpha value is -2.71. The van der Waals surface area contributed by atoms with Crippen LogP contribution in [0.4, 0.5) is 5.82 Å². The third-order valence-corrected chi connectivity index (χ3v) is 6.31. The van der Waals surface area contributed by atoms with Crippen molar-refractivity contribution in [2.45, 2.75) is 19.3 Å². The van der Waals surface area contributed by atoms with Crippen LogP contribution in [0.3, 0.4) is 0 Å². The maximum Gasteiger partial charge on any atom is 0.261 e. The van der Waals surface area contributed by atoms with Crippen molar-refractivity contribution < 1.29 is 14.3 Å². The molecule has 1 aliphatic heterocycles. The molecule has 2 aliphatic rings. The van der Waals surface area contributed by atoms with Crippen molar-refractivity contribution in [2.75, 3.05) is 25.1 Å². The summed E-state index contributed by atoms with van der Waals surface area (Å²) in [5, 5.41) is 7.87. The number of fused-ring (bicyclic) bond motifs is 1. The topological polar surface area (TPSA) is 84.7 Å². The first-order chi connectivity index (χ1) is 14.2. The Morgan fingerprint density at radius 3 is 2.90 bits per heavy atom. The van der Waals surface area contributed by atoms with Gasteiger partial charge in [-0.05, 0) is 54.0 Å². The second kappa shape index (κ2) is 7.61. The van der Waals surface area contributed by atoms with Crippen molar-refractivity contribution in [3.05, 3.63) is 40.8 Å². The summed E-state index contributed by atoms with van der Waals surface area (Å²) < 4.78 is 7.25. The standard InChI is InChI=1S/C21H22N4O3S/c26-20(14-1-2-14)24-18-10-25-9-15(3-4-19(25)23-18)16-7-17(29-12-16)21(27)22-8-13-5-6-28-11-13/h3-4,7,9-10,12-14H,1-2,5-6,8,11H2,(H,22,27)(H,24,26). The van der Waals surface area contributed by atoms with Crippen molar-refractivity contribution in [3.63, 3.8) is 0 Å². The van der Waals surface area contributed by atoms with Crippen molar-refractivity contribution in [2.24, 2.45) is 11.8 Å². The first kappa shape index (κ1) is 18.3. The Bertz CT molecular complexity index is 1060. The molecule has 1 saturated heterocycles. The molecular formula is C21H22N4O3S. The minimum absolute atomic E-state index is 0.0399. The van der Waals surface area contributed by atoms with E-state index in [2.05, 4.69) is 15.6 Å². The average molecular weight is 410 g/mol. The van der Waals surface area contributed by atoms with Gasteiger partial charge in [0.2, 0.25) is 5.91 Å². The number of thiophene rings is 1. The SMILES string of the molecule is O=C(NCC1CCOC1)c1cc(-c2ccc3nc(NC(=O)C4CC4)cn3c2)cs1. The van der Waals surface area contributed by atoms with Gasteiger partial charge in [-0.15, -0.1) is 11.3 Å². The maximum atomic E-state index is 12.4. The highest BCUT2D eigenvalue weighted by molar-refractivity contribution is 7.12. The van der Waals surface area contributed by atoms with E-state index in [1.165, 1.54) is 11.3 Å². The fourth-order valence-electron chi connectivity index (χ4n) is 3.47. The summed E-state index contributed by atoms with van der Waals surface area (Å²) >= 11 is 1.44. The van der Waals surface area contributed by atoms with E-state index < -0.39 is 0 Å². The van der Waals surface area contributed by atoms with E-state index in [1.807, 2.05) is 40.4 Å². The van der Waals surface area contributed by atoms with Crippen LogP contribution >= 0.6 is 11.3 Å². The zero-order valence-electron chi connectivity index (χ0n) is 15.9. The first-order valence-electron chi connectivity index (χ1n) is 9.90. The molecule has 150 valence electrons. The number of hydrogen-bond acceptors (Lipinski definition) is 5. The summed E-state index contributed by atoms with van der Waals surface area (Å²) in [5.41, 5.74) is 2.75. The van der Waals surface area contributed by atoms with Gasteiger partial charge in [-0.25, -0.2) is 4.98 Å². The summed E-state index contributed by atoms with van der Waals surface area (Å²) in [5.74, 6) is 1.14. The highest BCUT2D eigenvalue weighted by atomic mass is 32.1. The van der Waals surface area contributed by atoms with E-state index in [0.29, 0.717) is 23.2 Å². The maximum absolute atomic E-state index is 12.4. The van der Waals surface area contributed by atoms with E-state index in [4.69, 9.17) is 4.74 Å². The van der Waals surface area contributed by atoms with Gasteiger partial charge in [0.1, 0.15) is 5.65 Å². The van der Waals surface area contributed by atoms with Crippen LogP contribution in [0, 0.1) is 11.8 Å². The Kier molecular flexibility index (Phi) is 4.81. The Morgan fingerprint density at radius 1 is 1.21 bits per heavy atom. The van der Waals surface area contributed by atoms with Gasteiger partial charge < -0.3 is 19.8 Å².